The molecule has 1 aromatic carbocycles. The molecule has 0 spiro atoms. The van der Waals surface area contributed by atoms with Gasteiger partial charge in [-0.05, 0) is 31.4 Å². The molecular formula is C19H32O. The van der Waals surface area contributed by atoms with Gasteiger partial charge in [0.05, 0.1) is 5.60 Å². The highest BCUT2D eigenvalue weighted by molar-refractivity contribution is 5.30. The van der Waals surface area contributed by atoms with Gasteiger partial charge < -0.3 is 5.11 Å². The van der Waals surface area contributed by atoms with E-state index < -0.39 is 5.60 Å². The third-order valence-corrected chi connectivity index (χ3v) is 4.24. The highest BCUT2D eigenvalue weighted by Gasteiger charge is 2.23. The van der Waals surface area contributed by atoms with Crippen LogP contribution in [0.25, 0.3) is 0 Å². The normalized spacial score (nSPS) is 14.2. The van der Waals surface area contributed by atoms with E-state index in [1.165, 1.54) is 50.5 Å². The maximum atomic E-state index is 10.6. The SMILES string of the molecule is CCCCCCCCCCC(C)(O)c1ccccc1C. The highest BCUT2D eigenvalue weighted by Crippen LogP contribution is 2.29. The average Bonchev–Trinajstić information content (AvgIpc) is 2.42. The van der Waals surface area contributed by atoms with Gasteiger partial charge in [-0.1, -0.05) is 82.6 Å². The number of aliphatic hydroxyl groups is 1. The Kier molecular flexibility index (Phi) is 7.91. The first-order valence-corrected chi connectivity index (χ1v) is 8.36. The van der Waals surface area contributed by atoms with Crippen molar-refractivity contribution in [2.24, 2.45) is 0 Å². The minimum absolute atomic E-state index is 0.673. The molecule has 1 rings (SSSR count). The summed E-state index contributed by atoms with van der Waals surface area (Å²) in [5.41, 5.74) is 1.60. The standard InChI is InChI=1S/C19H32O/c1-4-5-6-7-8-9-10-13-16-19(3,20)18-15-12-11-14-17(18)2/h11-12,14-15,20H,4-10,13,16H2,1-3H3. The third-order valence-electron chi connectivity index (χ3n) is 4.24. The van der Waals surface area contributed by atoms with Crippen molar-refractivity contribution in [3.8, 4) is 0 Å². The molecule has 0 aliphatic rings. The van der Waals surface area contributed by atoms with Crippen LogP contribution < -0.4 is 0 Å². The second-order valence-electron chi connectivity index (χ2n) is 6.31. The summed E-state index contributed by atoms with van der Waals surface area (Å²) in [4.78, 5) is 0. The van der Waals surface area contributed by atoms with Crippen LogP contribution >= 0.6 is 0 Å². The highest BCUT2D eigenvalue weighted by atomic mass is 16.3. The lowest BCUT2D eigenvalue weighted by molar-refractivity contribution is 0.0442. The summed E-state index contributed by atoms with van der Waals surface area (Å²) in [6.45, 7) is 6.29. The fourth-order valence-corrected chi connectivity index (χ4v) is 2.91. The van der Waals surface area contributed by atoms with E-state index >= 15 is 0 Å². The lowest BCUT2D eigenvalue weighted by atomic mass is 9.87. The van der Waals surface area contributed by atoms with Gasteiger partial charge in [0.1, 0.15) is 0 Å². The molecule has 0 heterocycles. The smallest absolute Gasteiger partial charge is 0.0871 e. The molecule has 0 fully saturated rings. The van der Waals surface area contributed by atoms with Crippen molar-refractivity contribution >= 4 is 0 Å². The van der Waals surface area contributed by atoms with E-state index in [4.69, 9.17) is 0 Å². The molecule has 0 bridgehead atoms. The van der Waals surface area contributed by atoms with E-state index in [1.54, 1.807) is 0 Å². The zero-order valence-corrected chi connectivity index (χ0v) is 13.6. The number of aryl methyl sites for hydroxylation is 1. The summed E-state index contributed by atoms with van der Waals surface area (Å²) in [6, 6.07) is 8.19. The first kappa shape index (κ1) is 17.2. The van der Waals surface area contributed by atoms with Gasteiger partial charge in [0.25, 0.3) is 0 Å². The molecule has 0 aromatic heterocycles. The Bertz CT molecular complexity index is 368. The van der Waals surface area contributed by atoms with Gasteiger partial charge in [-0.25, -0.2) is 0 Å². The van der Waals surface area contributed by atoms with E-state index in [-0.39, 0.29) is 0 Å². The third kappa shape index (κ3) is 6.09. The molecule has 1 nitrogen and oxygen atoms in total. The molecule has 1 atom stereocenters. The molecule has 0 saturated carbocycles. The fraction of sp³-hybridized carbons (Fsp3) is 0.684. The first-order valence-electron chi connectivity index (χ1n) is 8.36. The van der Waals surface area contributed by atoms with Gasteiger partial charge in [0.15, 0.2) is 0 Å². The lowest BCUT2D eigenvalue weighted by Gasteiger charge is -2.25. The van der Waals surface area contributed by atoms with Crippen molar-refractivity contribution < 1.29 is 5.11 Å². The van der Waals surface area contributed by atoms with Crippen LogP contribution in [-0.4, -0.2) is 5.11 Å². The quantitative estimate of drug-likeness (QED) is 0.541. The van der Waals surface area contributed by atoms with Crippen molar-refractivity contribution in [3.05, 3.63) is 35.4 Å². The van der Waals surface area contributed by atoms with Crippen LogP contribution in [0.4, 0.5) is 0 Å². The summed E-state index contributed by atoms with van der Waals surface area (Å²) in [5.74, 6) is 0. The maximum Gasteiger partial charge on any atom is 0.0871 e. The summed E-state index contributed by atoms with van der Waals surface area (Å²) in [5, 5.41) is 10.6. The Morgan fingerprint density at radius 3 is 2.05 bits per heavy atom. The summed E-state index contributed by atoms with van der Waals surface area (Å²) >= 11 is 0. The summed E-state index contributed by atoms with van der Waals surface area (Å²) < 4.78 is 0. The van der Waals surface area contributed by atoms with Gasteiger partial charge in [-0.15, -0.1) is 0 Å². The minimum Gasteiger partial charge on any atom is -0.385 e. The Hall–Kier alpha value is -0.820. The van der Waals surface area contributed by atoms with Gasteiger partial charge in [0.2, 0.25) is 0 Å². The number of hydrogen-bond acceptors (Lipinski definition) is 1. The summed E-state index contributed by atoms with van der Waals surface area (Å²) in [7, 11) is 0. The predicted octanol–water partition coefficient (Wildman–Crippen LogP) is 5.73. The van der Waals surface area contributed by atoms with Gasteiger partial charge in [0, 0.05) is 0 Å². The van der Waals surface area contributed by atoms with Crippen molar-refractivity contribution in [1.82, 2.24) is 0 Å². The second kappa shape index (κ2) is 9.18. The van der Waals surface area contributed by atoms with Crippen LogP contribution in [0.1, 0.15) is 82.8 Å². The molecule has 0 aliphatic heterocycles. The zero-order valence-electron chi connectivity index (χ0n) is 13.6. The predicted molar refractivity (Wildman–Crippen MR) is 88.0 cm³/mol. The topological polar surface area (TPSA) is 20.2 Å². The van der Waals surface area contributed by atoms with Crippen LogP contribution in [0.5, 0.6) is 0 Å². The van der Waals surface area contributed by atoms with Gasteiger partial charge in [-0.3, -0.25) is 0 Å². The second-order valence-corrected chi connectivity index (χ2v) is 6.31. The van der Waals surface area contributed by atoms with Crippen molar-refractivity contribution in [2.45, 2.75) is 84.2 Å². The van der Waals surface area contributed by atoms with Crippen LogP contribution in [0.3, 0.4) is 0 Å². The molecule has 0 saturated heterocycles. The maximum absolute atomic E-state index is 10.6. The number of benzene rings is 1. The zero-order chi connectivity index (χ0) is 14.8. The molecule has 0 radical (unpaired) electrons. The van der Waals surface area contributed by atoms with E-state index in [0.29, 0.717) is 0 Å². The van der Waals surface area contributed by atoms with Crippen LogP contribution in [0.15, 0.2) is 24.3 Å². The van der Waals surface area contributed by atoms with E-state index in [9.17, 15) is 5.11 Å². The van der Waals surface area contributed by atoms with Crippen molar-refractivity contribution in [2.75, 3.05) is 0 Å². The number of rotatable bonds is 10. The Morgan fingerprint density at radius 2 is 1.45 bits per heavy atom. The minimum atomic E-state index is -0.673. The van der Waals surface area contributed by atoms with Crippen LogP contribution in [0, 0.1) is 6.92 Å². The number of hydrogen-bond donors (Lipinski definition) is 1. The molecule has 1 N–H and O–H groups in total. The molecule has 1 unspecified atom stereocenters. The largest absolute Gasteiger partial charge is 0.385 e. The van der Waals surface area contributed by atoms with E-state index in [1.807, 2.05) is 19.1 Å². The molecule has 0 amide bonds. The molecule has 20 heavy (non-hydrogen) atoms. The Balaban J connectivity index is 2.22. The Labute approximate surface area is 125 Å². The molecular weight excluding hydrogens is 244 g/mol. The van der Waals surface area contributed by atoms with Crippen molar-refractivity contribution in [3.63, 3.8) is 0 Å². The first-order chi connectivity index (χ1) is 9.58. The average molecular weight is 276 g/mol. The molecule has 1 aromatic rings. The molecule has 0 aliphatic carbocycles. The Morgan fingerprint density at radius 1 is 0.900 bits per heavy atom. The molecule has 114 valence electrons. The van der Waals surface area contributed by atoms with E-state index in [2.05, 4.69) is 26.0 Å². The fourth-order valence-electron chi connectivity index (χ4n) is 2.91. The van der Waals surface area contributed by atoms with Gasteiger partial charge in [-0.2, -0.15) is 0 Å². The van der Waals surface area contributed by atoms with E-state index in [0.717, 1.165) is 18.4 Å². The van der Waals surface area contributed by atoms with Crippen molar-refractivity contribution in [1.29, 1.82) is 0 Å². The van der Waals surface area contributed by atoms with Crippen LogP contribution in [-0.2, 0) is 5.60 Å². The lowest BCUT2D eigenvalue weighted by Crippen LogP contribution is -2.22. The molecule has 1 heteroatoms. The number of unbranched alkanes of at least 4 members (excludes halogenated alkanes) is 7. The van der Waals surface area contributed by atoms with Gasteiger partial charge >= 0.3 is 0 Å². The van der Waals surface area contributed by atoms with Crippen LogP contribution in [0.2, 0.25) is 0 Å². The summed E-state index contributed by atoms with van der Waals surface area (Å²) in [6.07, 6.45) is 11.4. The monoisotopic (exact) mass is 276 g/mol.